The maximum atomic E-state index is 12.9. The fraction of sp³-hybridized carbons (Fsp3) is 0.222. The van der Waals surface area contributed by atoms with Gasteiger partial charge in [0.05, 0.1) is 27.5 Å². The van der Waals surface area contributed by atoms with Crippen molar-refractivity contribution in [1.29, 1.82) is 0 Å². The van der Waals surface area contributed by atoms with Gasteiger partial charge in [-0.1, -0.05) is 11.3 Å². The van der Waals surface area contributed by atoms with Crippen LogP contribution in [0.2, 0.25) is 0 Å². The average molecular weight is 408 g/mol. The molecule has 1 N–H and O–H groups in total. The maximum Gasteiger partial charge on any atom is 0.227 e. The summed E-state index contributed by atoms with van der Waals surface area (Å²) >= 11 is 1.28. The minimum absolute atomic E-state index is 0.0138. The summed E-state index contributed by atoms with van der Waals surface area (Å²) in [6.45, 7) is 2.44. The SMILES string of the molecule is CCOc1ccc2nc(NC(=O)CCS(=O)(=O)c3ccc(F)cc3)sc2c1. The number of amides is 1. The monoisotopic (exact) mass is 408 g/mol. The van der Waals surface area contributed by atoms with Crippen molar-refractivity contribution >= 4 is 42.4 Å². The lowest BCUT2D eigenvalue weighted by atomic mass is 10.3. The van der Waals surface area contributed by atoms with E-state index in [9.17, 15) is 17.6 Å². The van der Waals surface area contributed by atoms with Crippen LogP contribution in [0.25, 0.3) is 10.2 Å². The van der Waals surface area contributed by atoms with E-state index in [-0.39, 0.29) is 17.1 Å². The number of thiazole rings is 1. The molecule has 27 heavy (non-hydrogen) atoms. The van der Waals surface area contributed by atoms with Crippen LogP contribution in [0.5, 0.6) is 5.75 Å². The number of aromatic nitrogens is 1. The molecule has 0 atom stereocenters. The van der Waals surface area contributed by atoms with Crippen LogP contribution >= 0.6 is 11.3 Å². The van der Waals surface area contributed by atoms with Gasteiger partial charge in [0.25, 0.3) is 0 Å². The number of carbonyl (C=O) groups excluding carboxylic acids is 1. The Kier molecular flexibility index (Phi) is 5.71. The summed E-state index contributed by atoms with van der Waals surface area (Å²) in [5, 5.41) is 3.01. The van der Waals surface area contributed by atoms with Gasteiger partial charge >= 0.3 is 0 Å². The lowest BCUT2D eigenvalue weighted by Crippen LogP contribution is -2.17. The zero-order chi connectivity index (χ0) is 19.4. The summed E-state index contributed by atoms with van der Waals surface area (Å²) in [6, 6.07) is 9.95. The fourth-order valence-corrected chi connectivity index (χ4v) is 4.53. The van der Waals surface area contributed by atoms with Crippen LogP contribution in [0.1, 0.15) is 13.3 Å². The highest BCUT2D eigenvalue weighted by Crippen LogP contribution is 2.29. The van der Waals surface area contributed by atoms with Gasteiger partial charge in [0.1, 0.15) is 11.6 Å². The highest BCUT2D eigenvalue weighted by molar-refractivity contribution is 7.91. The molecule has 1 aromatic heterocycles. The summed E-state index contributed by atoms with van der Waals surface area (Å²) in [5.41, 5.74) is 0.720. The number of carbonyl (C=O) groups is 1. The van der Waals surface area contributed by atoms with Crippen LogP contribution < -0.4 is 10.1 Å². The third-order valence-electron chi connectivity index (χ3n) is 3.69. The van der Waals surface area contributed by atoms with Crippen molar-refractivity contribution < 1.29 is 22.3 Å². The van der Waals surface area contributed by atoms with Crippen LogP contribution in [-0.2, 0) is 14.6 Å². The third-order valence-corrected chi connectivity index (χ3v) is 6.35. The van der Waals surface area contributed by atoms with E-state index in [1.165, 1.54) is 23.5 Å². The summed E-state index contributed by atoms with van der Waals surface area (Å²) < 4.78 is 43.6. The molecule has 0 aliphatic heterocycles. The van der Waals surface area contributed by atoms with Crippen LogP contribution in [-0.4, -0.2) is 31.7 Å². The quantitative estimate of drug-likeness (QED) is 0.604. The molecule has 2 aromatic carbocycles. The number of halogens is 1. The predicted octanol–water partition coefficient (Wildman–Crippen LogP) is 3.64. The van der Waals surface area contributed by atoms with E-state index in [4.69, 9.17) is 4.74 Å². The van der Waals surface area contributed by atoms with E-state index in [0.717, 1.165) is 28.1 Å². The molecule has 1 amide bonds. The zero-order valence-electron chi connectivity index (χ0n) is 14.4. The summed E-state index contributed by atoms with van der Waals surface area (Å²) in [7, 11) is -3.66. The van der Waals surface area contributed by atoms with Crippen molar-refractivity contribution in [3.8, 4) is 5.75 Å². The Bertz CT molecular complexity index is 1060. The maximum absolute atomic E-state index is 12.9. The number of hydrogen-bond donors (Lipinski definition) is 1. The van der Waals surface area contributed by atoms with Gasteiger partial charge < -0.3 is 10.1 Å². The first kappa shape index (κ1) is 19.2. The van der Waals surface area contributed by atoms with Gasteiger partial charge in [0, 0.05) is 6.42 Å². The van der Waals surface area contributed by atoms with Gasteiger partial charge in [0.15, 0.2) is 15.0 Å². The smallest absolute Gasteiger partial charge is 0.227 e. The largest absolute Gasteiger partial charge is 0.494 e. The molecular formula is C18H17FN2O4S2. The predicted molar refractivity (Wildman–Crippen MR) is 102 cm³/mol. The minimum atomic E-state index is -3.66. The molecule has 0 radical (unpaired) electrons. The van der Waals surface area contributed by atoms with Crippen molar-refractivity contribution in [3.63, 3.8) is 0 Å². The number of rotatable bonds is 7. The third kappa shape index (κ3) is 4.81. The topological polar surface area (TPSA) is 85.4 Å². The molecule has 142 valence electrons. The Hall–Kier alpha value is -2.52. The molecule has 3 rings (SSSR count). The van der Waals surface area contributed by atoms with Gasteiger partial charge in [-0.2, -0.15) is 0 Å². The number of benzene rings is 2. The molecule has 6 nitrogen and oxygen atoms in total. The fourth-order valence-electron chi connectivity index (χ4n) is 2.38. The Morgan fingerprint density at radius 2 is 1.96 bits per heavy atom. The van der Waals surface area contributed by atoms with Gasteiger partial charge in [-0.25, -0.2) is 17.8 Å². The zero-order valence-corrected chi connectivity index (χ0v) is 16.1. The number of hydrogen-bond acceptors (Lipinski definition) is 6. The van der Waals surface area contributed by atoms with E-state index in [0.29, 0.717) is 11.7 Å². The van der Waals surface area contributed by atoms with Crippen molar-refractivity contribution in [2.45, 2.75) is 18.2 Å². The average Bonchev–Trinajstić information content (AvgIpc) is 3.02. The van der Waals surface area contributed by atoms with Crippen LogP contribution in [0.15, 0.2) is 47.4 Å². The molecule has 1 heterocycles. The molecule has 0 saturated carbocycles. The van der Waals surface area contributed by atoms with Crippen molar-refractivity contribution in [2.75, 3.05) is 17.7 Å². The Labute approximate surface area is 159 Å². The highest BCUT2D eigenvalue weighted by atomic mass is 32.2. The Morgan fingerprint density at radius 3 is 2.67 bits per heavy atom. The first-order valence-electron chi connectivity index (χ1n) is 8.19. The molecule has 3 aromatic rings. The van der Waals surface area contributed by atoms with Crippen LogP contribution in [0.3, 0.4) is 0 Å². The number of anilines is 1. The van der Waals surface area contributed by atoms with Crippen molar-refractivity contribution in [1.82, 2.24) is 4.98 Å². The molecule has 0 aliphatic carbocycles. The molecule has 0 spiro atoms. The second-order valence-corrected chi connectivity index (χ2v) is 8.79. The first-order valence-corrected chi connectivity index (χ1v) is 10.7. The van der Waals surface area contributed by atoms with Crippen molar-refractivity contribution in [3.05, 3.63) is 48.3 Å². The standard InChI is InChI=1S/C18H17FN2O4S2/c1-2-25-13-5-8-15-16(11-13)26-18(20-15)21-17(22)9-10-27(23,24)14-6-3-12(19)4-7-14/h3-8,11H,2,9-10H2,1H3,(H,20,21,22). The molecule has 0 unspecified atom stereocenters. The molecule has 0 saturated heterocycles. The van der Waals surface area contributed by atoms with E-state index in [1.807, 2.05) is 13.0 Å². The molecule has 0 fully saturated rings. The number of sulfone groups is 1. The summed E-state index contributed by atoms with van der Waals surface area (Å²) in [5.74, 6) is -0.624. The lowest BCUT2D eigenvalue weighted by molar-refractivity contribution is -0.115. The second-order valence-electron chi connectivity index (χ2n) is 5.65. The Morgan fingerprint density at radius 1 is 1.22 bits per heavy atom. The van der Waals surface area contributed by atoms with Gasteiger partial charge in [0.2, 0.25) is 5.91 Å². The molecular weight excluding hydrogens is 391 g/mol. The van der Waals surface area contributed by atoms with Gasteiger partial charge in [-0.15, -0.1) is 0 Å². The number of fused-ring (bicyclic) bond motifs is 1. The Balaban J connectivity index is 1.63. The van der Waals surface area contributed by atoms with E-state index in [1.54, 1.807) is 12.1 Å². The van der Waals surface area contributed by atoms with Gasteiger partial charge in [-0.3, -0.25) is 4.79 Å². The molecule has 9 heteroatoms. The van der Waals surface area contributed by atoms with Gasteiger partial charge in [-0.05, 0) is 49.4 Å². The second kappa shape index (κ2) is 8.01. The number of ether oxygens (including phenoxy) is 1. The van der Waals surface area contributed by atoms with E-state index < -0.39 is 21.6 Å². The van der Waals surface area contributed by atoms with E-state index in [2.05, 4.69) is 10.3 Å². The summed E-state index contributed by atoms with van der Waals surface area (Å²) in [4.78, 5) is 16.4. The lowest BCUT2D eigenvalue weighted by Gasteiger charge is -2.04. The molecule has 0 bridgehead atoms. The highest BCUT2D eigenvalue weighted by Gasteiger charge is 2.17. The normalized spacial score (nSPS) is 11.5. The number of nitrogens with one attached hydrogen (secondary N) is 1. The number of nitrogens with zero attached hydrogens (tertiary/aromatic N) is 1. The van der Waals surface area contributed by atoms with Crippen molar-refractivity contribution in [2.24, 2.45) is 0 Å². The van der Waals surface area contributed by atoms with E-state index >= 15 is 0 Å². The molecule has 0 aliphatic rings. The van der Waals surface area contributed by atoms with Crippen LogP contribution in [0.4, 0.5) is 9.52 Å². The van der Waals surface area contributed by atoms with Crippen LogP contribution in [0, 0.1) is 5.82 Å². The first-order chi connectivity index (χ1) is 12.9. The minimum Gasteiger partial charge on any atom is -0.494 e. The summed E-state index contributed by atoms with van der Waals surface area (Å²) in [6.07, 6.45) is -0.222.